The van der Waals surface area contributed by atoms with Gasteiger partial charge in [-0.3, -0.25) is 14.4 Å². The lowest BCUT2D eigenvalue weighted by Crippen LogP contribution is -2.56. The third-order valence-electron chi connectivity index (χ3n) is 7.32. The first-order valence-electron chi connectivity index (χ1n) is 11.3. The second kappa shape index (κ2) is 7.79. The van der Waals surface area contributed by atoms with Crippen LogP contribution >= 0.6 is 0 Å². The number of ether oxygens (including phenoxy) is 1. The van der Waals surface area contributed by atoms with Gasteiger partial charge in [0.25, 0.3) is 0 Å². The van der Waals surface area contributed by atoms with Crippen LogP contribution < -0.4 is 10.6 Å². The van der Waals surface area contributed by atoms with Gasteiger partial charge in [-0.2, -0.15) is 0 Å². The Balaban J connectivity index is 1.50. The Morgan fingerprint density at radius 2 is 1.87 bits per heavy atom. The van der Waals surface area contributed by atoms with Crippen molar-refractivity contribution in [2.24, 2.45) is 11.8 Å². The highest BCUT2D eigenvalue weighted by molar-refractivity contribution is 5.99. The van der Waals surface area contributed by atoms with Crippen LogP contribution in [0.4, 0.5) is 0 Å². The molecule has 0 radical (unpaired) electrons. The molecular formula is C24H29N3O4. The Kier molecular flexibility index (Phi) is 5.08. The van der Waals surface area contributed by atoms with Crippen molar-refractivity contribution in [2.45, 2.75) is 62.4 Å². The van der Waals surface area contributed by atoms with Crippen molar-refractivity contribution in [3.05, 3.63) is 48.0 Å². The predicted octanol–water partition coefficient (Wildman–Crippen LogP) is 1.53. The van der Waals surface area contributed by atoms with Crippen LogP contribution in [-0.4, -0.2) is 53.5 Å². The largest absolute Gasteiger partial charge is 0.359 e. The molecule has 1 aromatic rings. The molecule has 1 saturated carbocycles. The second-order valence-corrected chi connectivity index (χ2v) is 9.11. The van der Waals surface area contributed by atoms with Crippen LogP contribution in [-0.2, 0) is 25.7 Å². The number of carbonyl (C=O) groups excluding carboxylic acids is 3. The number of hydrogen-bond acceptors (Lipinski definition) is 4. The minimum Gasteiger partial charge on any atom is -0.359 e. The zero-order valence-corrected chi connectivity index (χ0v) is 17.8. The van der Waals surface area contributed by atoms with E-state index >= 15 is 0 Å². The van der Waals surface area contributed by atoms with Gasteiger partial charge in [0.15, 0.2) is 0 Å². The van der Waals surface area contributed by atoms with Crippen molar-refractivity contribution < 1.29 is 19.1 Å². The Bertz CT molecular complexity index is 911. The van der Waals surface area contributed by atoms with E-state index in [0.717, 1.165) is 31.2 Å². The fourth-order valence-corrected chi connectivity index (χ4v) is 5.91. The molecule has 2 bridgehead atoms. The van der Waals surface area contributed by atoms with Gasteiger partial charge in [0.1, 0.15) is 11.6 Å². The molecule has 7 nitrogen and oxygen atoms in total. The molecule has 31 heavy (non-hydrogen) atoms. The van der Waals surface area contributed by atoms with Gasteiger partial charge < -0.3 is 20.3 Å². The summed E-state index contributed by atoms with van der Waals surface area (Å²) in [6.45, 7) is 0.309. The average molecular weight is 424 g/mol. The van der Waals surface area contributed by atoms with Crippen molar-refractivity contribution in [1.29, 1.82) is 0 Å². The molecule has 1 aliphatic carbocycles. The van der Waals surface area contributed by atoms with Crippen LogP contribution in [0.15, 0.2) is 42.5 Å². The van der Waals surface area contributed by atoms with Gasteiger partial charge in [-0.1, -0.05) is 61.7 Å². The molecule has 3 heterocycles. The van der Waals surface area contributed by atoms with Gasteiger partial charge >= 0.3 is 0 Å². The zero-order valence-electron chi connectivity index (χ0n) is 17.8. The molecule has 4 aliphatic rings. The van der Waals surface area contributed by atoms with Gasteiger partial charge in [0.2, 0.25) is 17.7 Å². The third kappa shape index (κ3) is 3.17. The topological polar surface area (TPSA) is 87.7 Å². The molecule has 1 aromatic carbocycles. The highest BCUT2D eigenvalue weighted by atomic mass is 16.5. The zero-order chi connectivity index (χ0) is 21.6. The molecule has 2 N–H and O–H groups in total. The molecule has 3 amide bonds. The maximum Gasteiger partial charge on any atom is 0.246 e. The predicted molar refractivity (Wildman–Crippen MR) is 114 cm³/mol. The molecule has 0 unspecified atom stereocenters. The summed E-state index contributed by atoms with van der Waals surface area (Å²) >= 11 is 0. The minimum atomic E-state index is -1.09. The number of fused-ring (bicyclic) bond motifs is 1. The van der Waals surface area contributed by atoms with Crippen LogP contribution in [0.1, 0.15) is 37.7 Å². The lowest BCUT2D eigenvalue weighted by Gasteiger charge is -2.34. The number of nitrogens with zero attached hydrogens (tertiary/aromatic N) is 1. The van der Waals surface area contributed by atoms with Crippen molar-refractivity contribution in [2.75, 3.05) is 7.05 Å². The van der Waals surface area contributed by atoms with Gasteiger partial charge in [-0.15, -0.1) is 0 Å². The maximum absolute atomic E-state index is 13.7. The normalized spacial score (nSPS) is 34.1. The van der Waals surface area contributed by atoms with Crippen LogP contribution in [0.25, 0.3) is 0 Å². The Labute approximate surface area is 182 Å². The quantitative estimate of drug-likeness (QED) is 0.703. The van der Waals surface area contributed by atoms with Gasteiger partial charge in [-0.25, -0.2) is 0 Å². The van der Waals surface area contributed by atoms with E-state index in [4.69, 9.17) is 4.74 Å². The van der Waals surface area contributed by atoms with Crippen molar-refractivity contribution in [3.8, 4) is 0 Å². The summed E-state index contributed by atoms with van der Waals surface area (Å²) < 4.78 is 6.29. The molecule has 5 rings (SSSR count). The number of hydrogen-bond donors (Lipinski definition) is 2. The van der Waals surface area contributed by atoms with E-state index in [2.05, 4.69) is 10.6 Å². The highest BCUT2D eigenvalue weighted by Gasteiger charge is 2.72. The molecule has 3 aliphatic heterocycles. The first-order chi connectivity index (χ1) is 15.0. The third-order valence-corrected chi connectivity index (χ3v) is 7.32. The number of benzene rings is 1. The molecule has 5 atom stereocenters. The number of rotatable bonds is 5. The van der Waals surface area contributed by atoms with E-state index in [-0.39, 0.29) is 23.8 Å². The van der Waals surface area contributed by atoms with Crippen molar-refractivity contribution in [1.82, 2.24) is 15.5 Å². The fourth-order valence-electron chi connectivity index (χ4n) is 5.91. The summed E-state index contributed by atoms with van der Waals surface area (Å²) in [5, 5.41) is 5.87. The maximum atomic E-state index is 13.7. The van der Waals surface area contributed by atoms with Crippen molar-refractivity contribution >= 4 is 17.7 Å². The first kappa shape index (κ1) is 20.2. The van der Waals surface area contributed by atoms with E-state index in [1.807, 2.05) is 42.5 Å². The van der Waals surface area contributed by atoms with Crippen LogP contribution in [0.5, 0.6) is 0 Å². The summed E-state index contributed by atoms with van der Waals surface area (Å²) in [5.74, 6) is -1.89. The van der Waals surface area contributed by atoms with Crippen LogP contribution in [0.2, 0.25) is 0 Å². The van der Waals surface area contributed by atoms with Gasteiger partial charge in [0.05, 0.1) is 17.9 Å². The van der Waals surface area contributed by atoms with E-state index < -0.39 is 29.6 Å². The molecule has 164 valence electrons. The van der Waals surface area contributed by atoms with E-state index in [1.165, 1.54) is 6.42 Å². The lowest BCUT2D eigenvalue weighted by molar-refractivity contribution is -0.142. The number of carbonyl (C=O) groups is 3. The van der Waals surface area contributed by atoms with E-state index in [1.54, 1.807) is 11.9 Å². The molecule has 2 saturated heterocycles. The molecule has 7 heteroatoms. The summed E-state index contributed by atoms with van der Waals surface area (Å²) in [6, 6.07) is 8.98. The van der Waals surface area contributed by atoms with Crippen molar-refractivity contribution in [3.63, 3.8) is 0 Å². The molecule has 0 aromatic heterocycles. The average Bonchev–Trinajstić information content (AvgIpc) is 3.42. The molecular weight excluding hydrogens is 394 g/mol. The van der Waals surface area contributed by atoms with E-state index in [0.29, 0.717) is 6.54 Å². The molecule has 3 fully saturated rings. The molecule has 1 spiro atoms. The number of likely N-dealkylation sites (tertiary alicyclic amines) is 1. The SMILES string of the molecule is CNC(=O)[C@H]1[C@H]2C(=O)N(Cc3ccccc3)[C@H](C(=O)NC3CCCCC3)[C@@]23C=C[C@H]1O3. The minimum absolute atomic E-state index is 0.127. The van der Waals surface area contributed by atoms with Crippen LogP contribution in [0.3, 0.4) is 0 Å². The Hall–Kier alpha value is -2.67. The highest BCUT2D eigenvalue weighted by Crippen LogP contribution is 2.55. The summed E-state index contributed by atoms with van der Waals surface area (Å²) in [7, 11) is 1.57. The second-order valence-electron chi connectivity index (χ2n) is 9.11. The monoisotopic (exact) mass is 423 g/mol. The first-order valence-corrected chi connectivity index (χ1v) is 11.3. The van der Waals surface area contributed by atoms with Gasteiger partial charge in [-0.05, 0) is 18.4 Å². The Morgan fingerprint density at radius 3 is 2.58 bits per heavy atom. The number of amides is 3. The van der Waals surface area contributed by atoms with Crippen LogP contribution in [0, 0.1) is 11.8 Å². The standard InChI is InChI=1S/C24H29N3O4/c1-25-21(28)18-17-12-13-24(31-17)19(18)23(30)27(14-15-8-4-2-5-9-15)20(24)22(29)26-16-10-6-3-7-11-16/h2,4-5,8-9,12-13,16-20H,3,6-7,10-11,14H2,1H3,(H,25,28)(H,26,29)/t17-,18-,19+,20-,24-/m1/s1. The Morgan fingerprint density at radius 1 is 1.13 bits per heavy atom. The summed E-state index contributed by atoms with van der Waals surface area (Å²) in [6.07, 6.45) is 8.55. The lowest BCUT2D eigenvalue weighted by atomic mass is 9.74. The van der Waals surface area contributed by atoms with Gasteiger partial charge in [0, 0.05) is 19.6 Å². The number of nitrogens with one attached hydrogen (secondary N) is 2. The summed E-state index contributed by atoms with van der Waals surface area (Å²) in [5.41, 5.74) is -0.148. The summed E-state index contributed by atoms with van der Waals surface area (Å²) in [4.78, 5) is 41.6. The van der Waals surface area contributed by atoms with E-state index in [9.17, 15) is 14.4 Å². The fraction of sp³-hybridized carbons (Fsp3) is 0.542. The smallest absolute Gasteiger partial charge is 0.246 e.